The minimum atomic E-state index is 0.339. The number of likely N-dealkylation sites (tertiary alicyclic amines) is 2. The van der Waals surface area contributed by atoms with E-state index in [-0.39, 0.29) is 0 Å². The van der Waals surface area contributed by atoms with Crippen LogP contribution in [0, 0.1) is 5.92 Å². The monoisotopic (exact) mass is 345 g/mol. The van der Waals surface area contributed by atoms with Gasteiger partial charge in [-0.25, -0.2) is 0 Å². The van der Waals surface area contributed by atoms with E-state index >= 15 is 0 Å². The number of amides is 1. The van der Waals surface area contributed by atoms with Crippen molar-refractivity contribution < 1.29 is 4.79 Å². The number of piperidine rings is 1. The largest absolute Gasteiger partial charge is 0.343 e. The fourth-order valence-corrected chi connectivity index (χ4v) is 4.65. The highest BCUT2D eigenvalue weighted by Gasteiger charge is 2.38. The first-order chi connectivity index (χ1) is 12.2. The van der Waals surface area contributed by atoms with Gasteiger partial charge in [0.15, 0.2) is 0 Å². The molecule has 0 radical (unpaired) electrons. The van der Waals surface area contributed by atoms with Crippen LogP contribution in [-0.4, -0.2) is 64.2 Å². The fourth-order valence-electron chi connectivity index (χ4n) is 4.65. The van der Waals surface area contributed by atoms with E-state index in [0.717, 1.165) is 57.8 Å². The second-order valence-corrected chi connectivity index (χ2v) is 8.13. The summed E-state index contributed by atoms with van der Waals surface area (Å²) >= 11 is 0. The molecule has 25 heavy (non-hydrogen) atoms. The third-order valence-electron chi connectivity index (χ3n) is 6.43. The number of aromatic nitrogens is 2. The molecule has 0 bridgehead atoms. The number of carbonyl (C=O) groups excluding carboxylic acids is 1. The molecule has 1 amide bonds. The average Bonchev–Trinajstić information content (AvgIpc) is 3.14. The van der Waals surface area contributed by atoms with Crippen molar-refractivity contribution in [2.75, 3.05) is 26.2 Å². The van der Waals surface area contributed by atoms with Crippen LogP contribution in [0.5, 0.6) is 0 Å². The van der Waals surface area contributed by atoms with Crippen LogP contribution in [0.2, 0.25) is 0 Å². The van der Waals surface area contributed by atoms with Crippen molar-refractivity contribution in [2.24, 2.45) is 11.7 Å². The van der Waals surface area contributed by atoms with Gasteiger partial charge < -0.3 is 10.6 Å². The molecule has 1 saturated carbocycles. The van der Waals surface area contributed by atoms with Gasteiger partial charge in [0.05, 0.1) is 0 Å². The SMILES string of the molecule is NC[C@H]1CC[C@@H](CC(=O)N2CCC(c3ccn[nH]3)CC2)N1CC1CC1. The Labute approximate surface area is 150 Å². The normalized spacial score (nSPS) is 28.6. The maximum Gasteiger partial charge on any atom is 0.224 e. The molecule has 2 saturated heterocycles. The van der Waals surface area contributed by atoms with Crippen LogP contribution in [-0.2, 0) is 4.79 Å². The molecule has 0 aromatic carbocycles. The minimum Gasteiger partial charge on any atom is -0.343 e. The van der Waals surface area contributed by atoms with Gasteiger partial charge in [-0.1, -0.05) is 0 Å². The molecule has 6 heteroatoms. The molecule has 1 aromatic heterocycles. The van der Waals surface area contributed by atoms with Gasteiger partial charge in [0, 0.05) is 62.5 Å². The van der Waals surface area contributed by atoms with E-state index in [2.05, 4.69) is 26.1 Å². The van der Waals surface area contributed by atoms with Crippen LogP contribution in [0.25, 0.3) is 0 Å². The highest BCUT2D eigenvalue weighted by molar-refractivity contribution is 5.77. The summed E-state index contributed by atoms with van der Waals surface area (Å²) in [4.78, 5) is 17.5. The molecule has 1 aromatic rings. The Morgan fingerprint density at radius 2 is 1.92 bits per heavy atom. The minimum absolute atomic E-state index is 0.339. The first-order valence-electron chi connectivity index (χ1n) is 9.97. The number of carbonyl (C=O) groups is 1. The molecular weight excluding hydrogens is 314 g/mol. The van der Waals surface area contributed by atoms with Crippen molar-refractivity contribution in [3.8, 4) is 0 Å². The molecule has 3 heterocycles. The maximum atomic E-state index is 12.8. The Hall–Kier alpha value is -1.40. The van der Waals surface area contributed by atoms with Crippen molar-refractivity contribution in [1.29, 1.82) is 0 Å². The second kappa shape index (κ2) is 7.46. The van der Waals surface area contributed by atoms with Gasteiger partial charge in [0.1, 0.15) is 0 Å². The zero-order valence-electron chi connectivity index (χ0n) is 15.1. The van der Waals surface area contributed by atoms with Gasteiger partial charge in [-0.05, 0) is 50.5 Å². The van der Waals surface area contributed by atoms with Crippen molar-refractivity contribution in [3.63, 3.8) is 0 Å². The van der Waals surface area contributed by atoms with Crippen LogP contribution >= 0.6 is 0 Å². The van der Waals surface area contributed by atoms with Gasteiger partial charge in [-0.2, -0.15) is 5.10 Å². The highest BCUT2D eigenvalue weighted by atomic mass is 16.2. The molecule has 3 aliphatic rings. The number of nitrogens with one attached hydrogen (secondary N) is 1. The summed E-state index contributed by atoms with van der Waals surface area (Å²) in [6.45, 7) is 3.63. The van der Waals surface area contributed by atoms with Crippen LogP contribution in [0.4, 0.5) is 0 Å². The summed E-state index contributed by atoms with van der Waals surface area (Å²) in [5.41, 5.74) is 7.19. The molecular formula is C19H31N5O. The Kier molecular flexibility index (Phi) is 5.08. The number of H-pyrrole nitrogens is 1. The van der Waals surface area contributed by atoms with Crippen molar-refractivity contribution in [1.82, 2.24) is 20.0 Å². The smallest absolute Gasteiger partial charge is 0.224 e. The summed E-state index contributed by atoms with van der Waals surface area (Å²) < 4.78 is 0. The molecule has 2 aliphatic heterocycles. The lowest BCUT2D eigenvalue weighted by Gasteiger charge is -2.34. The van der Waals surface area contributed by atoms with Crippen LogP contribution in [0.15, 0.2) is 12.3 Å². The van der Waals surface area contributed by atoms with Gasteiger partial charge in [0.25, 0.3) is 0 Å². The third kappa shape index (κ3) is 3.90. The summed E-state index contributed by atoms with van der Waals surface area (Å²) in [5, 5.41) is 7.13. The Morgan fingerprint density at radius 1 is 1.16 bits per heavy atom. The average molecular weight is 345 g/mol. The quantitative estimate of drug-likeness (QED) is 0.823. The molecule has 2 atom stereocenters. The van der Waals surface area contributed by atoms with Crippen LogP contribution < -0.4 is 5.73 Å². The third-order valence-corrected chi connectivity index (χ3v) is 6.43. The molecule has 3 fully saturated rings. The van der Waals surface area contributed by atoms with E-state index in [0.29, 0.717) is 30.3 Å². The number of rotatable bonds is 6. The predicted molar refractivity (Wildman–Crippen MR) is 97.1 cm³/mol. The summed E-state index contributed by atoms with van der Waals surface area (Å²) in [6.07, 6.45) is 9.57. The lowest BCUT2D eigenvalue weighted by Crippen LogP contribution is -2.45. The van der Waals surface area contributed by atoms with E-state index in [1.165, 1.54) is 18.5 Å². The topological polar surface area (TPSA) is 78.2 Å². The number of hydrogen-bond acceptors (Lipinski definition) is 4. The summed E-state index contributed by atoms with van der Waals surface area (Å²) in [6, 6.07) is 2.96. The first kappa shape index (κ1) is 17.0. The van der Waals surface area contributed by atoms with Crippen LogP contribution in [0.1, 0.15) is 56.6 Å². The molecule has 0 spiro atoms. The molecule has 0 unspecified atom stereocenters. The Morgan fingerprint density at radius 3 is 2.56 bits per heavy atom. The lowest BCUT2D eigenvalue weighted by atomic mass is 9.93. The van der Waals surface area contributed by atoms with E-state index in [1.54, 1.807) is 0 Å². The van der Waals surface area contributed by atoms with E-state index < -0.39 is 0 Å². The molecule has 4 rings (SSSR count). The molecule has 1 aliphatic carbocycles. The summed E-state index contributed by atoms with van der Waals surface area (Å²) in [5.74, 6) is 1.72. The zero-order chi connectivity index (χ0) is 17.2. The van der Waals surface area contributed by atoms with E-state index in [9.17, 15) is 4.79 Å². The lowest BCUT2D eigenvalue weighted by molar-refractivity contribution is -0.133. The summed E-state index contributed by atoms with van der Waals surface area (Å²) in [7, 11) is 0. The highest BCUT2D eigenvalue weighted by Crippen LogP contribution is 2.35. The van der Waals surface area contributed by atoms with Crippen molar-refractivity contribution >= 4 is 5.91 Å². The zero-order valence-corrected chi connectivity index (χ0v) is 15.1. The predicted octanol–water partition coefficient (Wildman–Crippen LogP) is 1.71. The van der Waals surface area contributed by atoms with Crippen LogP contribution in [0.3, 0.4) is 0 Å². The molecule has 138 valence electrons. The first-order valence-corrected chi connectivity index (χ1v) is 9.97. The van der Waals surface area contributed by atoms with Crippen molar-refractivity contribution in [3.05, 3.63) is 18.0 Å². The van der Waals surface area contributed by atoms with Crippen molar-refractivity contribution in [2.45, 2.75) is 62.9 Å². The Balaban J connectivity index is 1.29. The van der Waals surface area contributed by atoms with Gasteiger partial charge in [-0.15, -0.1) is 0 Å². The molecule has 3 N–H and O–H groups in total. The molecule has 6 nitrogen and oxygen atoms in total. The number of nitrogens with zero attached hydrogens (tertiary/aromatic N) is 3. The maximum absolute atomic E-state index is 12.8. The number of nitrogens with two attached hydrogens (primary N) is 1. The standard InChI is InChI=1S/C19H31N5O/c20-12-17-4-3-16(24(17)13-14-1-2-14)11-19(25)23-9-6-15(7-10-23)18-5-8-21-22-18/h5,8,14-17H,1-4,6-7,9-13,20H2,(H,21,22)/t16-,17+/m0/s1. The van der Waals surface area contributed by atoms with Gasteiger partial charge in [0.2, 0.25) is 5.91 Å². The Bertz CT molecular complexity index is 562. The van der Waals surface area contributed by atoms with E-state index in [4.69, 9.17) is 5.73 Å². The van der Waals surface area contributed by atoms with E-state index in [1.807, 2.05) is 6.20 Å². The number of aromatic amines is 1. The second-order valence-electron chi connectivity index (χ2n) is 8.13. The van der Waals surface area contributed by atoms with Gasteiger partial charge in [-0.3, -0.25) is 14.8 Å². The van der Waals surface area contributed by atoms with Gasteiger partial charge >= 0.3 is 0 Å². The number of hydrogen-bond donors (Lipinski definition) is 2. The fraction of sp³-hybridized carbons (Fsp3) is 0.789.